The summed E-state index contributed by atoms with van der Waals surface area (Å²) in [6, 6.07) is 6.81. The first-order chi connectivity index (χ1) is 9.91. The Morgan fingerprint density at radius 3 is 2.52 bits per heavy atom. The lowest BCUT2D eigenvalue weighted by atomic mass is 9.91. The van der Waals surface area contributed by atoms with Crippen molar-refractivity contribution in [3.05, 3.63) is 35.4 Å². The topological polar surface area (TPSA) is 66.5 Å². The van der Waals surface area contributed by atoms with E-state index in [0.717, 1.165) is 11.1 Å². The van der Waals surface area contributed by atoms with Crippen LogP contribution in [0.2, 0.25) is 0 Å². The van der Waals surface area contributed by atoms with Crippen LogP contribution in [0.25, 0.3) is 0 Å². The van der Waals surface area contributed by atoms with Gasteiger partial charge in [-0.2, -0.15) is 0 Å². The van der Waals surface area contributed by atoms with Gasteiger partial charge in [0.2, 0.25) is 11.7 Å². The Balaban J connectivity index is 2.41. The Labute approximate surface area is 124 Å². The van der Waals surface area contributed by atoms with Gasteiger partial charge in [-0.15, -0.1) is 0 Å². The van der Waals surface area contributed by atoms with Crippen LogP contribution < -0.4 is 5.32 Å². The number of benzene rings is 1. The molecule has 0 radical (unpaired) electrons. The maximum atomic E-state index is 12.5. The molecule has 1 heterocycles. The third-order valence-corrected chi connectivity index (χ3v) is 3.52. The fourth-order valence-corrected chi connectivity index (χ4v) is 2.63. The van der Waals surface area contributed by atoms with Crippen LogP contribution in [0.1, 0.15) is 37.9 Å². The van der Waals surface area contributed by atoms with E-state index in [1.807, 2.05) is 38.1 Å². The van der Waals surface area contributed by atoms with Gasteiger partial charge in [-0.05, 0) is 31.4 Å². The number of ketones is 1. The SMILES string of the molecule is CC(=O)C(=O)N1CCc2ccccc2[C@H]1C(=O)NC(C)C. The molecule has 0 bridgehead atoms. The first-order valence-corrected chi connectivity index (χ1v) is 7.11. The van der Waals surface area contributed by atoms with Crippen LogP contribution in [0.15, 0.2) is 24.3 Å². The van der Waals surface area contributed by atoms with Gasteiger partial charge in [-0.3, -0.25) is 14.4 Å². The number of nitrogens with zero attached hydrogens (tertiary/aromatic N) is 1. The molecule has 1 atom stereocenters. The molecule has 1 aliphatic heterocycles. The van der Waals surface area contributed by atoms with Crippen molar-refractivity contribution in [2.45, 2.75) is 39.3 Å². The Morgan fingerprint density at radius 1 is 1.24 bits per heavy atom. The minimum absolute atomic E-state index is 0.0270. The van der Waals surface area contributed by atoms with E-state index in [0.29, 0.717) is 13.0 Å². The van der Waals surface area contributed by atoms with Crippen LogP contribution in [0.3, 0.4) is 0 Å². The summed E-state index contributed by atoms with van der Waals surface area (Å²) in [5.74, 6) is -1.39. The molecule has 2 rings (SSSR count). The molecule has 2 amide bonds. The van der Waals surface area contributed by atoms with Crippen molar-refractivity contribution < 1.29 is 14.4 Å². The average molecular weight is 288 g/mol. The zero-order valence-electron chi connectivity index (χ0n) is 12.6. The summed E-state index contributed by atoms with van der Waals surface area (Å²) in [5.41, 5.74) is 1.85. The quantitative estimate of drug-likeness (QED) is 0.851. The Kier molecular flexibility index (Phi) is 4.40. The molecular formula is C16H20N2O3. The third-order valence-electron chi connectivity index (χ3n) is 3.52. The molecule has 21 heavy (non-hydrogen) atoms. The van der Waals surface area contributed by atoms with Crippen LogP contribution in [0, 0.1) is 0 Å². The second kappa shape index (κ2) is 6.08. The van der Waals surface area contributed by atoms with E-state index >= 15 is 0 Å². The molecule has 0 spiro atoms. The smallest absolute Gasteiger partial charge is 0.290 e. The Hall–Kier alpha value is -2.17. The lowest BCUT2D eigenvalue weighted by Crippen LogP contribution is -2.50. The lowest BCUT2D eigenvalue weighted by molar-refractivity contribution is -0.148. The predicted molar refractivity (Wildman–Crippen MR) is 78.6 cm³/mol. The monoisotopic (exact) mass is 288 g/mol. The molecule has 1 aromatic rings. The molecule has 112 valence electrons. The van der Waals surface area contributed by atoms with Gasteiger partial charge in [0.05, 0.1) is 0 Å². The van der Waals surface area contributed by atoms with Crippen molar-refractivity contribution >= 4 is 17.6 Å². The van der Waals surface area contributed by atoms with Gasteiger partial charge < -0.3 is 10.2 Å². The second-order valence-electron chi connectivity index (χ2n) is 5.57. The summed E-state index contributed by atoms with van der Waals surface area (Å²) in [5, 5.41) is 2.83. The van der Waals surface area contributed by atoms with Crippen molar-refractivity contribution in [3.63, 3.8) is 0 Å². The number of hydrogen-bond acceptors (Lipinski definition) is 3. The zero-order chi connectivity index (χ0) is 15.6. The molecule has 0 fully saturated rings. The van der Waals surface area contributed by atoms with Gasteiger partial charge in [-0.25, -0.2) is 0 Å². The Morgan fingerprint density at radius 2 is 1.90 bits per heavy atom. The molecule has 0 unspecified atom stereocenters. The third kappa shape index (κ3) is 3.12. The van der Waals surface area contributed by atoms with Crippen LogP contribution >= 0.6 is 0 Å². The Bertz CT molecular complexity index is 581. The van der Waals surface area contributed by atoms with Crippen molar-refractivity contribution in [2.75, 3.05) is 6.54 Å². The van der Waals surface area contributed by atoms with Crippen LogP contribution in [0.5, 0.6) is 0 Å². The minimum Gasteiger partial charge on any atom is -0.352 e. The fourth-order valence-electron chi connectivity index (χ4n) is 2.63. The van der Waals surface area contributed by atoms with E-state index in [4.69, 9.17) is 0 Å². The predicted octanol–water partition coefficient (Wildman–Crippen LogP) is 1.23. The highest BCUT2D eigenvalue weighted by Gasteiger charge is 2.37. The van der Waals surface area contributed by atoms with Gasteiger partial charge in [0.25, 0.3) is 5.91 Å². The summed E-state index contributed by atoms with van der Waals surface area (Å²) in [4.78, 5) is 37.4. The van der Waals surface area contributed by atoms with Crippen molar-refractivity contribution in [3.8, 4) is 0 Å². The highest BCUT2D eigenvalue weighted by Crippen LogP contribution is 2.30. The fraction of sp³-hybridized carbons (Fsp3) is 0.438. The molecule has 1 aliphatic rings. The number of rotatable bonds is 3. The first-order valence-electron chi connectivity index (χ1n) is 7.11. The van der Waals surface area contributed by atoms with Gasteiger partial charge in [0.15, 0.2) is 0 Å². The van der Waals surface area contributed by atoms with E-state index in [2.05, 4.69) is 5.32 Å². The van der Waals surface area contributed by atoms with Gasteiger partial charge in [-0.1, -0.05) is 24.3 Å². The number of nitrogens with one attached hydrogen (secondary N) is 1. The largest absolute Gasteiger partial charge is 0.352 e. The summed E-state index contributed by atoms with van der Waals surface area (Å²) < 4.78 is 0. The van der Waals surface area contributed by atoms with E-state index in [1.54, 1.807) is 0 Å². The number of hydrogen-bond donors (Lipinski definition) is 1. The van der Waals surface area contributed by atoms with Crippen molar-refractivity contribution in [1.82, 2.24) is 10.2 Å². The summed E-state index contributed by atoms with van der Waals surface area (Å²) in [6.07, 6.45) is 0.653. The maximum absolute atomic E-state index is 12.5. The summed E-state index contributed by atoms with van der Waals surface area (Å²) >= 11 is 0. The van der Waals surface area contributed by atoms with E-state index in [-0.39, 0.29) is 11.9 Å². The van der Waals surface area contributed by atoms with Gasteiger partial charge in [0.1, 0.15) is 6.04 Å². The highest BCUT2D eigenvalue weighted by atomic mass is 16.2. The highest BCUT2D eigenvalue weighted by molar-refractivity contribution is 6.35. The number of fused-ring (bicyclic) bond motifs is 1. The number of carbonyl (C=O) groups excluding carboxylic acids is 3. The minimum atomic E-state index is -0.728. The molecule has 1 aromatic carbocycles. The van der Waals surface area contributed by atoms with Gasteiger partial charge in [0, 0.05) is 19.5 Å². The number of carbonyl (C=O) groups is 3. The number of amides is 2. The molecule has 0 aromatic heterocycles. The van der Waals surface area contributed by atoms with Gasteiger partial charge >= 0.3 is 0 Å². The molecule has 0 aliphatic carbocycles. The molecule has 5 nitrogen and oxygen atoms in total. The molecule has 0 saturated heterocycles. The maximum Gasteiger partial charge on any atom is 0.290 e. The zero-order valence-corrected chi connectivity index (χ0v) is 12.6. The molecular weight excluding hydrogens is 268 g/mol. The lowest BCUT2D eigenvalue weighted by Gasteiger charge is -2.36. The molecule has 5 heteroatoms. The van der Waals surface area contributed by atoms with Crippen molar-refractivity contribution in [2.24, 2.45) is 0 Å². The van der Waals surface area contributed by atoms with E-state index in [1.165, 1.54) is 11.8 Å². The van der Waals surface area contributed by atoms with E-state index in [9.17, 15) is 14.4 Å². The first kappa shape index (κ1) is 15.2. The second-order valence-corrected chi connectivity index (χ2v) is 5.57. The number of Topliss-reactive ketones (excluding diaryl/α,β-unsaturated/α-hetero) is 1. The van der Waals surface area contributed by atoms with Crippen LogP contribution in [-0.4, -0.2) is 35.1 Å². The molecule has 1 N–H and O–H groups in total. The molecule has 0 saturated carbocycles. The normalized spacial score (nSPS) is 17.3. The van der Waals surface area contributed by atoms with Crippen LogP contribution in [-0.2, 0) is 20.8 Å². The van der Waals surface area contributed by atoms with E-state index < -0.39 is 17.7 Å². The standard InChI is InChI=1S/C16H20N2O3/c1-10(2)17-15(20)14-13-7-5-4-6-12(13)8-9-18(14)16(21)11(3)19/h4-7,10,14H,8-9H2,1-3H3,(H,17,20)/t14-/m0/s1. The van der Waals surface area contributed by atoms with Crippen LogP contribution in [0.4, 0.5) is 0 Å². The van der Waals surface area contributed by atoms with Crippen molar-refractivity contribution in [1.29, 1.82) is 0 Å². The average Bonchev–Trinajstić information content (AvgIpc) is 2.44. The summed E-state index contributed by atoms with van der Waals surface area (Å²) in [7, 11) is 0. The summed E-state index contributed by atoms with van der Waals surface area (Å²) in [6.45, 7) is 5.35.